The van der Waals surface area contributed by atoms with Crippen LogP contribution in [0, 0.1) is 10.1 Å². The summed E-state index contributed by atoms with van der Waals surface area (Å²) >= 11 is 2.85. The van der Waals surface area contributed by atoms with Gasteiger partial charge < -0.3 is 11.1 Å². The number of thioether (sulfide) groups is 1. The SMILES string of the molecule is CC1(c2cccc(NC(=O)c3cc4cc([N+](=O)[O-])ccc4s3)c2)CCSC(N)=N1. The minimum Gasteiger partial charge on any atom is -0.379 e. The monoisotopic (exact) mass is 426 g/mol. The van der Waals surface area contributed by atoms with Gasteiger partial charge in [0.15, 0.2) is 5.17 Å². The molecule has 2 aromatic carbocycles. The zero-order valence-corrected chi connectivity index (χ0v) is 17.2. The van der Waals surface area contributed by atoms with Gasteiger partial charge in [0, 0.05) is 33.7 Å². The van der Waals surface area contributed by atoms with E-state index < -0.39 is 10.5 Å². The summed E-state index contributed by atoms with van der Waals surface area (Å²) in [6.45, 7) is 2.04. The van der Waals surface area contributed by atoms with Crippen LogP contribution in [0.25, 0.3) is 10.1 Å². The van der Waals surface area contributed by atoms with Gasteiger partial charge in [0.2, 0.25) is 0 Å². The molecule has 1 aliphatic heterocycles. The van der Waals surface area contributed by atoms with E-state index in [4.69, 9.17) is 5.73 Å². The second-order valence-corrected chi connectivity index (χ2v) is 9.15. The Morgan fingerprint density at radius 2 is 2.10 bits per heavy atom. The summed E-state index contributed by atoms with van der Waals surface area (Å²) in [7, 11) is 0. The molecule has 148 valence electrons. The number of nitro benzene ring substituents is 1. The number of amides is 1. The first kappa shape index (κ1) is 19.4. The summed E-state index contributed by atoms with van der Waals surface area (Å²) in [5.74, 6) is 0.648. The molecule has 2 heterocycles. The molecule has 3 aromatic rings. The maximum Gasteiger partial charge on any atom is 0.270 e. The number of nitrogens with zero attached hydrogens (tertiary/aromatic N) is 2. The predicted octanol–water partition coefficient (Wildman–Crippen LogP) is 4.73. The van der Waals surface area contributed by atoms with Crippen molar-refractivity contribution in [3.63, 3.8) is 0 Å². The lowest BCUT2D eigenvalue weighted by Crippen LogP contribution is -2.28. The first-order chi connectivity index (χ1) is 13.8. The number of carbonyl (C=O) groups is 1. The van der Waals surface area contributed by atoms with Crippen molar-refractivity contribution in [3.05, 3.63) is 69.1 Å². The van der Waals surface area contributed by atoms with Crippen LogP contribution >= 0.6 is 23.1 Å². The lowest BCUT2D eigenvalue weighted by molar-refractivity contribution is -0.384. The van der Waals surface area contributed by atoms with Crippen molar-refractivity contribution in [2.75, 3.05) is 11.1 Å². The maximum absolute atomic E-state index is 12.7. The van der Waals surface area contributed by atoms with E-state index in [0.717, 1.165) is 22.4 Å². The number of hydrogen-bond acceptors (Lipinski definition) is 7. The molecule has 4 rings (SSSR count). The van der Waals surface area contributed by atoms with E-state index in [0.29, 0.717) is 21.1 Å². The third-order valence-corrected chi connectivity index (χ3v) is 6.78. The largest absolute Gasteiger partial charge is 0.379 e. The molecule has 7 nitrogen and oxygen atoms in total. The van der Waals surface area contributed by atoms with E-state index in [1.165, 1.54) is 23.5 Å². The van der Waals surface area contributed by atoms with E-state index in [9.17, 15) is 14.9 Å². The fraction of sp³-hybridized carbons (Fsp3) is 0.200. The van der Waals surface area contributed by atoms with Gasteiger partial charge in [-0.1, -0.05) is 23.9 Å². The molecule has 29 heavy (non-hydrogen) atoms. The molecule has 1 aromatic heterocycles. The molecule has 0 spiro atoms. The van der Waals surface area contributed by atoms with Crippen LogP contribution in [0.2, 0.25) is 0 Å². The van der Waals surface area contributed by atoms with Crippen molar-refractivity contribution < 1.29 is 9.72 Å². The topological polar surface area (TPSA) is 111 Å². The Morgan fingerprint density at radius 1 is 1.28 bits per heavy atom. The van der Waals surface area contributed by atoms with Gasteiger partial charge in [-0.2, -0.15) is 0 Å². The zero-order chi connectivity index (χ0) is 20.6. The molecule has 1 aliphatic rings. The van der Waals surface area contributed by atoms with Gasteiger partial charge in [0.05, 0.1) is 15.3 Å². The lowest BCUT2D eigenvalue weighted by atomic mass is 9.89. The molecule has 0 saturated heterocycles. The van der Waals surface area contributed by atoms with E-state index in [-0.39, 0.29) is 11.6 Å². The number of nitrogens with two attached hydrogens (primary N) is 1. The molecule has 3 N–H and O–H groups in total. The molecule has 0 aliphatic carbocycles. The normalized spacial score (nSPS) is 19.0. The standard InChI is InChI=1S/C20H18N4O3S2/c1-20(7-8-28-19(21)23-20)13-3-2-4-14(11-13)22-18(25)17-10-12-9-15(24(26)27)5-6-16(12)29-17/h2-6,9-11H,7-8H2,1H3,(H2,21,23)(H,22,25). The fourth-order valence-corrected chi connectivity index (χ4v) is 5.19. The van der Waals surface area contributed by atoms with Crippen LogP contribution in [-0.2, 0) is 5.54 Å². The number of non-ortho nitro benzene ring substituents is 1. The fourth-order valence-electron chi connectivity index (χ4n) is 3.28. The molecule has 1 amide bonds. The molecule has 0 bridgehead atoms. The van der Waals surface area contributed by atoms with Gasteiger partial charge in [-0.25, -0.2) is 0 Å². The number of nitro groups is 1. The van der Waals surface area contributed by atoms with Gasteiger partial charge in [-0.15, -0.1) is 11.3 Å². The number of anilines is 1. The van der Waals surface area contributed by atoms with Crippen LogP contribution in [0.4, 0.5) is 11.4 Å². The highest BCUT2D eigenvalue weighted by molar-refractivity contribution is 8.13. The van der Waals surface area contributed by atoms with Crippen molar-refractivity contribution in [2.45, 2.75) is 18.9 Å². The molecule has 9 heteroatoms. The highest BCUT2D eigenvalue weighted by Crippen LogP contribution is 2.36. The van der Waals surface area contributed by atoms with Crippen molar-refractivity contribution in [2.24, 2.45) is 10.7 Å². The molecule has 0 radical (unpaired) electrons. The molecule has 1 atom stereocenters. The Kier molecular flexibility index (Phi) is 5.01. The second-order valence-electron chi connectivity index (χ2n) is 6.95. The lowest BCUT2D eigenvalue weighted by Gasteiger charge is -2.30. The van der Waals surface area contributed by atoms with E-state index in [2.05, 4.69) is 10.3 Å². The smallest absolute Gasteiger partial charge is 0.270 e. The molecular formula is C20H18N4O3S2. The van der Waals surface area contributed by atoms with Crippen LogP contribution in [0.3, 0.4) is 0 Å². The average molecular weight is 427 g/mol. The number of thiophene rings is 1. The number of amidine groups is 1. The van der Waals surface area contributed by atoms with Crippen molar-refractivity contribution in [1.82, 2.24) is 0 Å². The molecule has 0 fully saturated rings. The van der Waals surface area contributed by atoms with Gasteiger partial charge in [-0.05, 0) is 43.2 Å². The molecule has 0 saturated carbocycles. The summed E-state index contributed by atoms with van der Waals surface area (Å²) in [6, 6.07) is 13.9. The predicted molar refractivity (Wildman–Crippen MR) is 119 cm³/mol. The molecular weight excluding hydrogens is 408 g/mol. The van der Waals surface area contributed by atoms with E-state index in [1.807, 2.05) is 31.2 Å². The maximum atomic E-state index is 12.7. The Bertz CT molecular complexity index is 1160. The highest BCUT2D eigenvalue weighted by atomic mass is 32.2. The van der Waals surface area contributed by atoms with Gasteiger partial charge in [-0.3, -0.25) is 19.9 Å². The minimum atomic E-state index is -0.443. The quantitative estimate of drug-likeness (QED) is 0.463. The minimum absolute atomic E-state index is 0.00803. The van der Waals surface area contributed by atoms with Crippen molar-refractivity contribution >= 4 is 55.6 Å². The van der Waals surface area contributed by atoms with Gasteiger partial charge >= 0.3 is 0 Å². The van der Waals surface area contributed by atoms with Crippen LogP contribution in [0.5, 0.6) is 0 Å². The summed E-state index contributed by atoms with van der Waals surface area (Å²) in [4.78, 5) is 28.3. The zero-order valence-electron chi connectivity index (χ0n) is 15.5. The van der Waals surface area contributed by atoms with E-state index >= 15 is 0 Å². The number of aliphatic imine (C=N–C) groups is 1. The number of nitrogens with one attached hydrogen (secondary N) is 1. The number of fused-ring (bicyclic) bond motifs is 1. The number of rotatable bonds is 4. The summed E-state index contributed by atoms with van der Waals surface area (Å²) in [5.41, 5.74) is 7.17. The second kappa shape index (κ2) is 7.49. The first-order valence-electron chi connectivity index (χ1n) is 8.92. The highest BCUT2D eigenvalue weighted by Gasteiger charge is 2.29. The van der Waals surface area contributed by atoms with Crippen molar-refractivity contribution in [3.8, 4) is 0 Å². The number of carbonyl (C=O) groups excluding carboxylic acids is 1. The van der Waals surface area contributed by atoms with Gasteiger partial charge in [0.1, 0.15) is 0 Å². The van der Waals surface area contributed by atoms with Crippen molar-refractivity contribution in [1.29, 1.82) is 0 Å². The Balaban J connectivity index is 1.58. The number of hydrogen-bond donors (Lipinski definition) is 2. The van der Waals surface area contributed by atoms with Crippen LogP contribution in [0.1, 0.15) is 28.6 Å². The van der Waals surface area contributed by atoms with Gasteiger partial charge in [0.25, 0.3) is 11.6 Å². The third kappa shape index (κ3) is 3.96. The van der Waals surface area contributed by atoms with Crippen LogP contribution in [0.15, 0.2) is 53.5 Å². The van der Waals surface area contributed by atoms with Crippen LogP contribution in [-0.4, -0.2) is 21.8 Å². The summed E-state index contributed by atoms with van der Waals surface area (Å²) < 4.78 is 0.825. The van der Waals surface area contributed by atoms with Crippen LogP contribution < -0.4 is 11.1 Å². The van der Waals surface area contributed by atoms with E-state index in [1.54, 1.807) is 23.9 Å². The first-order valence-corrected chi connectivity index (χ1v) is 10.7. The Hall–Kier alpha value is -2.91. The third-order valence-electron chi connectivity index (χ3n) is 4.87. The summed E-state index contributed by atoms with van der Waals surface area (Å²) in [5, 5.41) is 15.1. The Morgan fingerprint density at radius 3 is 2.86 bits per heavy atom. The Labute approximate surface area is 175 Å². The summed E-state index contributed by atoms with van der Waals surface area (Å²) in [6.07, 6.45) is 0.866. The molecule has 1 unspecified atom stereocenters. The number of benzene rings is 2. The average Bonchev–Trinajstić information content (AvgIpc) is 3.11.